The van der Waals surface area contributed by atoms with E-state index in [2.05, 4.69) is 6.58 Å². The van der Waals surface area contributed by atoms with Crippen molar-refractivity contribution < 1.29 is 19.0 Å². The summed E-state index contributed by atoms with van der Waals surface area (Å²) in [4.78, 5) is 11.7. The molecule has 0 amide bonds. The number of fused-ring (bicyclic) bond motifs is 1. The fraction of sp³-hybridized carbons (Fsp3) is 0.200. The molecule has 21 heavy (non-hydrogen) atoms. The van der Waals surface area contributed by atoms with Gasteiger partial charge >= 0.3 is 5.97 Å². The van der Waals surface area contributed by atoms with Crippen molar-refractivity contribution in [3.63, 3.8) is 0 Å². The predicted molar refractivity (Wildman–Crippen MR) is 77.2 cm³/mol. The molecular weight excluding hydrogens is 294 g/mol. The summed E-state index contributed by atoms with van der Waals surface area (Å²) in [5.41, 5.74) is 0.418. The Labute approximate surface area is 127 Å². The van der Waals surface area contributed by atoms with Crippen LogP contribution in [0.4, 0.5) is 0 Å². The van der Waals surface area contributed by atoms with E-state index in [4.69, 9.17) is 31.1 Å². The number of nitrogens with zero attached hydrogens (tertiary/aromatic N) is 1. The van der Waals surface area contributed by atoms with Crippen LogP contribution in [-0.2, 0) is 9.53 Å². The number of rotatable bonds is 4. The van der Waals surface area contributed by atoms with Gasteiger partial charge in [0.05, 0.1) is 5.02 Å². The molecule has 1 aromatic rings. The van der Waals surface area contributed by atoms with Gasteiger partial charge in [0.25, 0.3) is 0 Å². The summed E-state index contributed by atoms with van der Waals surface area (Å²) in [5, 5.41) is 9.39. The minimum Gasteiger partial charge on any atom is -0.486 e. The second-order valence-electron chi connectivity index (χ2n) is 4.08. The van der Waals surface area contributed by atoms with Gasteiger partial charge in [0.15, 0.2) is 11.5 Å². The van der Waals surface area contributed by atoms with Crippen LogP contribution in [0.5, 0.6) is 11.5 Å². The van der Waals surface area contributed by atoms with Gasteiger partial charge < -0.3 is 14.2 Å². The maximum Gasteiger partial charge on any atom is 0.349 e. The molecule has 5 nitrogen and oxygen atoms in total. The Morgan fingerprint density at radius 3 is 2.95 bits per heavy atom. The van der Waals surface area contributed by atoms with Crippen molar-refractivity contribution in [3.05, 3.63) is 40.9 Å². The zero-order valence-corrected chi connectivity index (χ0v) is 11.9. The molecule has 2 rings (SSSR count). The minimum absolute atomic E-state index is 0.0414. The summed E-state index contributed by atoms with van der Waals surface area (Å²) in [6.07, 6.45) is 2.81. The van der Waals surface area contributed by atoms with E-state index in [-0.39, 0.29) is 12.2 Å². The van der Waals surface area contributed by atoms with E-state index >= 15 is 0 Å². The van der Waals surface area contributed by atoms with E-state index in [0.29, 0.717) is 35.3 Å². The van der Waals surface area contributed by atoms with E-state index in [1.807, 2.05) is 0 Å². The first kappa shape index (κ1) is 14.9. The smallest absolute Gasteiger partial charge is 0.349 e. The fourth-order valence-electron chi connectivity index (χ4n) is 1.73. The van der Waals surface area contributed by atoms with Crippen molar-refractivity contribution in [2.24, 2.45) is 0 Å². The lowest BCUT2D eigenvalue weighted by Gasteiger charge is -2.19. The SMILES string of the molecule is C=CCOC(=O)/C(C#N)=C\c1cc(Cl)c2c(c1)OCCO2. The van der Waals surface area contributed by atoms with Crippen LogP contribution in [0.1, 0.15) is 5.56 Å². The van der Waals surface area contributed by atoms with Crippen LogP contribution in [0, 0.1) is 11.3 Å². The van der Waals surface area contributed by atoms with Crippen LogP contribution >= 0.6 is 11.6 Å². The molecule has 0 spiro atoms. The Kier molecular flexibility index (Phi) is 4.85. The second-order valence-corrected chi connectivity index (χ2v) is 4.49. The second kappa shape index (κ2) is 6.82. The zero-order chi connectivity index (χ0) is 15.2. The van der Waals surface area contributed by atoms with Gasteiger partial charge in [0.2, 0.25) is 0 Å². The average Bonchev–Trinajstić information content (AvgIpc) is 2.50. The Morgan fingerprint density at radius 1 is 1.48 bits per heavy atom. The number of hydrogen-bond donors (Lipinski definition) is 0. The largest absolute Gasteiger partial charge is 0.486 e. The van der Waals surface area contributed by atoms with Crippen LogP contribution < -0.4 is 9.47 Å². The number of carbonyl (C=O) groups is 1. The maximum absolute atomic E-state index is 11.7. The Morgan fingerprint density at radius 2 is 2.24 bits per heavy atom. The van der Waals surface area contributed by atoms with Crippen molar-refractivity contribution in [3.8, 4) is 17.6 Å². The summed E-state index contributed by atoms with van der Waals surface area (Å²) < 4.78 is 15.7. The van der Waals surface area contributed by atoms with E-state index in [1.54, 1.807) is 18.2 Å². The third-order valence-corrected chi connectivity index (χ3v) is 2.88. The standard InChI is InChI=1S/C15H12ClNO4/c1-2-3-21-15(18)11(9-17)6-10-7-12(16)14-13(8-10)19-4-5-20-14/h2,6-8H,1,3-5H2/b11-6-. The molecule has 1 aliphatic heterocycles. The Balaban J connectivity index is 2.30. The van der Waals surface area contributed by atoms with Gasteiger partial charge in [0, 0.05) is 0 Å². The molecule has 0 unspecified atom stereocenters. The highest BCUT2D eigenvalue weighted by Crippen LogP contribution is 2.38. The molecule has 6 heteroatoms. The highest BCUT2D eigenvalue weighted by Gasteiger charge is 2.17. The van der Waals surface area contributed by atoms with Crippen LogP contribution in [0.25, 0.3) is 6.08 Å². The van der Waals surface area contributed by atoms with Crippen LogP contribution in [0.3, 0.4) is 0 Å². The number of ether oxygens (including phenoxy) is 3. The molecule has 0 bridgehead atoms. The summed E-state index contributed by atoms with van der Waals surface area (Å²) in [6.45, 7) is 4.32. The number of hydrogen-bond acceptors (Lipinski definition) is 5. The number of halogens is 1. The number of esters is 1. The Hall–Kier alpha value is -2.45. The van der Waals surface area contributed by atoms with Crippen molar-refractivity contribution in [2.75, 3.05) is 19.8 Å². The molecular formula is C15H12ClNO4. The third kappa shape index (κ3) is 3.56. The first-order valence-corrected chi connectivity index (χ1v) is 6.52. The molecule has 0 aromatic heterocycles. The molecule has 108 valence electrons. The highest BCUT2D eigenvalue weighted by molar-refractivity contribution is 6.32. The van der Waals surface area contributed by atoms with Crippen molar-refractivity contribution in [1.29, 1.82) is 5.26 Å². The quantitative estimate of drug-likeness (QED) is 0.370. The van der Waals surface area contributed by atoms with E-state index in [9.17, 15) is 4.79 Å². The van der Waals surface area contributed by atoms with Crippen LogP contribution in [-0.4, -0.2) is 25.8 Å². The van der Waals surface area contributed by atoms with E-state index < -0.39 is 5.97 Å². The molecule has 0 saturated heterocycles. The van der Waals surface area contributed by atoms with Gasteiger partial charge in [0.1, 0.15) is 31.5 Å². The number of nitriles is 1. The van der Waals surface area contributed by atoms with Crippen LogP contribution in [0.15, 0.2) is 30.4 Å². The molecule has 0 radical (unpaired) electrons. The van der Waals surface area contributed by atoms with Gasteiger partial charge in [-0.25, -0.2) is 4.79 Å². The van der Waals surface area contributed by atoms with Gasteiger partial charge in [-0.05, 0) is 23.8 Å². The van der Waals surface area contributed by atoms with Crippen molar-refractivity contribution in [2.45, 2.75) is 0 Å². The number of carbonyl (C=O) groups excluding carboxylic acids is 1. The Bertz CT molecular complexity index is 646. The molecule has 0 aliphatic carbocycles. The summed E-state index contributed by atoms with van der Waals surface area (Å²) in [6, 6.07) is 5.04. The normalized spacial score (nSPS) is 13.2. The molecule has 0 saturated carbocycles. The first-order chi connectivity index (χ1) is 10.2. The first-order valence-electron chi connectivity index (χ1n) is 6.14. The average molecular weight is 306 g/mol. The number of benzene rings is 1. The predicted octanol–water partition coefficient (Wildman–Crippen LogP) is 2.75. The zero-order valence-electron chi connectivity index (χ0n) is 11.1. The molecule has 0 fully saturated rings. The molecule has 1 aromatic carbocycles. The summed E-state index contributed by atoms with van der Waals surface area (Å²) in [5.74, 6) is 0.230. The van der Waals surface area contributed by atoms with Gasteiger partial charge in [-0.3, -0.25) is 0 Å². The third-order valence-electron chi connectivity index (χ3n) is 2.60. The molecule has 1 heterocycles. The molecule has 0 atom stereocenters. The summed E-state index contributed by atoms with van der Waals surface area (Å²) >= 11 is 6.09. The maximum atomic E-state index is 11.7. The van der Waals surface area contributed by atoms with E-state index in [1.165, 1.54) is 12.2 Å². The lowest BCUT2D eigenvalue weighted by Crippen LogP contribution is -2.15. The van der Waals surface area contributed by atoms with Crippen LogP contribution in [0.2, 0.25) is 5.02 Å². The van der Waals surface area contributed by atoms with Gasteiger partial charge in [-0.1, -0.05) is 24.3 Å². The molecule has 1 aliphatic rings. The fourth-order valence-corrected chi connectivity index (χ4v) is 2.00. The van der Waals surface area contributed by atoms with Gasteiger partial charge in [-0.2, -0.15) is 5.26 Å². The van der Waals surface area contributed by atoms with Crippen molar-refractivity contribution in [1.82, 2.24) is 0 Å². The minimum atomic E-state index is -0.719. The van der Waals surface area contributed by atoms with E-state index in [0.717, 1.165) is 0 Å². The summed E-state index contributed by atoms with van der Waals surface area (Å²) in [7, 11) is 0. The highest BCUT2D eigenvalue weighted by atomic mass is 35.5. The lowest BCUT2D eigenvalue weighted by atomic mass is 10.1. The lowest BCUT2D eigenvalue weighted by molar-refractivity contribution is -0.137. The van der Waals surface area contributed by atoms with Gasteiger partial charge in [-0.15, -0.1) is 0 Å². The van der Waals surface area contributed by atoms with Crippen molar-refractivity contribution >= 4 is 23.6 Å². The topological polar surface area (TPSA) is 68.6 Å². The molecule has 0 N–H and O–H groups in total. The monoisotopic (exact) mass is 305 g/mol.